The van der Waals surface area contributed by atoms with Crippen LogP contribution in [-0.4, -0.2) is 5.11 Å². The summed E-state index contributed by atoms with van der Waals surface area (Å²) in [6.45, 7) is 0. The zero-order valence-corrected chi connectivity index (χ0v) is 8.78. The van der Waals surface area contributed by atoms with Gasteiger partial charge in [0.2, 0.25) is 0 Å². The number of hydrogen-bond donors (Lipinski definition) is 1. The average molecular weight is 277 g/mol. The van der Waals surface area contributed by atoms with Gasteiger partial charge in [0, 0.05) is 0 Å². The first kappa shape index (κ1) is 10.3. The predicted octanol–water partition coefficient (Wildman–Crippen LogP) is 3.73. The summed E-state index contributed by atoms with van der Waals surface area (Å²) >= 11 is 2.81. The molecule has 0 aliphatic rings. The maximum absolute atomic E-state index is 13.3. The van der Waals surface area contributed by atoms with Crippen LogP contribution in [0.4, 0.5) is 13.2 Å². The Morgan fingerprint density at radius 2 is 1.67 bits per heavy atom. The summed E-state index contributed by atoms with van der Waals surface area (Å²) in [7, 11) is 0. The van der Waals surface area contributed by atoms with Gasteiger partial charge < -0.3 is 5.11 Å². The number of hydrogen-bond acceptors (Lipinski definition) is 1. The van der Waals surface area contributed by atoms with Crippen LogP contribution in [0.25, 0.3) is 10.8 Å². The van der Waals surface area contributed by atoms with E-state index in [-0.39, 0.29) is 9.86 Å². The summed E-state index contributed by atoms with van der Waals surface area (Å²) in [4.78, 5) is 0. The van der Waals surface area contributed by atoms with E-state index in [1.54, 1.807) is 0 Å². The molecule has 2 aromatic carbocycles. The van der Waals surface area contributed by atoms with Crippen molar-refractivity contribution in [2.75, 3.05) is 0 Å². The van der Waals surface area contributed by atoms with E-state index in [9.17, 15) is 13.2 Å². The van der Waals surface area contributed by atoms with E-state index in [0.29, 0.717) is 0 Å². The number of rotatable bonds is 0. The molecule has 0 amide bonds. The lowest BCUT2D eigenvalue weighted by Crippen LogP contribution is -1.92. The summed E-state index contributed by atoms with van der Waals surface area (Å²) in [5.41, 5.74) is 0. The van der Waals surface area contributed by atoms with Crippen molar-refractivity contribution in [3.05, 3.63) is 40.1 Å². The van der Waals surface area contributed by atoms with Gasteiger partial charge in [0.1, 0.15) is 0 Å². The van der Waals surface area contributed by atoms with E-state index in [1.807, 2.05) is 0 Å². The highest BCUT2D eigenvalue weighted by Gasteiger charge is 2.17. The Hall–Kier alpha value is -1.23. The van der Waals surface area contributed by atoms with E-state index in [1.165, 1.54) is 12.1 Å². The molecule has 5 heteroatoms. The Morgan fingerprint density at radius 1 is 1.00 bits per heavy atom. The molecule has 0 aliphatic heterocycles. The Bertz CT molecular complexity index is 554. The third kappa shape index (κ3) is 1.47. The topological polar surface area (TPSA) is 20.2 Å². The number of phenolic OH excluding ortho intramolecular Hbond substituents is 1. The van der Waals surface area contributed by atoms with E-state index < -0.39 is 28.6 Å². The zero-order valence-electron chi connectivity index (χ0n) is 7.19. The summed E-state index contributed by atoms with van der Waals surface area (Å²) in [5.74, 6) is -4.35. The lowest BCUT2D eigenvalue weighted by Gasteiger charge is -2.05. The highest BCUT2D eigenvalue weighted by molar-refractivity contribution is 9.10. The predicted molar refractivity (Wildman–Crippen MR) is 53.2 cm³/mol. The average Bonchev–Trinajstić information content (AvgIpc) is 2.20. The van der Waals surface area contributed by atoms with Crippen molar-refractivity contribution in [2.45, 2.75) is 0 Å². The number of phenols is 1. The van der Waals surface area contributed by atoms with Gasteiger partial charge in [0.25, 0.3) is 0 Å². The molecule has 2 aromatic rings. The van der Waals surface area contributed by atoms with Crippen molar-refractivity contribution in [3.8, 4) is 5.75 Å². The number of aromatic hydroxyl groups is 1. The summed E-state index contributed by atoms with van der Waals surface area (Å²) in [5, 5.41) is 8.66. The molecule has 0 spiro atoms. The van der Waals surface area contributed by atoms with Crippen LogP contribution >= 0.6 is 15.9 Å². The molecule has 0 saturated carbocycles. The minimum absolute atomic E-state index is 0.0856. The molecular weight excluding hydrogens is 273 g/mol. The SMILES string of the molecule is Oc1ccc2cc(Br)c(F)c(F)c2c1F. The molecule has 0 bridgehead atoms. The molecule has 2 rings (SSSR count). The van der Waals surface area contributed by atoms with Crippen LogP contribution in [-0.2, 0) is 0 Å². The van der Waals surface area contributed by atoms with Gasteiger partial charge in [-0.15, -0.1) is 0 Å². The first-order valence-corrected chi connectivity index (χ1v) is 4.76. The molecule has 0 aliphatic carbocycles. The van der Waals surface area contributed by atoms with Crippen LogP contribution in [0.2, 0.25) is 0 Å². The van der Waals surface area contributed by atoms with Gasteiger partial charge in [-0.1, -0.05) is 6.07 Å². The second-order valence-corrected chi connectivity index (χ2v) is 3.84. The van der Waals surface area contributed by atoms with Crippen molar-refractivity contribution in [1.29, 1.82) is 0 Å². The summed E-state index contributed by atoms with van der Waals surface area (Å²) in [6, 6.07) is 3.64. The van der Waals surface area contributed by atoms with Gasteiger partial charge in [-0.05, 0) is 33.4 Å². The lowest BCUT2D eigenvalue weighted by atomic mass is 10.1. The standard InChI is InChI=1S/C10H4BrF3O/c11-5-3-4-1-2-6(15)9(13)7(4)10(14)8(5)12/h1-3,15H. The first-order valence-electron chi connectivity index (χ1n) is 3.97. The smallest absolute Gasteiger partial charge is 0.175 e. The highest BCUT2D eigenvalue weighted by Crippen LogP contribution is 2.32. The van der Waals surface area contributed by atoms with Crippen molar-refractivity contribution in [1.82, 2.24) is 0 Å². The summed E-state index contributed by atoms with van der Waals surface area (Å²) in [6.07, 6.45) is 0. The fourth-order valence-corrected chi connectivity index (χ4v) is 1.76. The molecule has 0 aromatic heterocycles. The molecular formula is C10H4BrF3O. The molecule has 15 heavy (non-hydrogen) atoms. The van der Waals surface area contributed by atoms with E-state index >= 15 is 0 Å². The third-order valence-corrected chi connectivity index (χ3v) is 2.63. The molecule has 0 fully saturated rings. The normalized spacial score (nSPS) is 10.9. The molecule has 0 saturated heterocycles. The van der Waals surface area contributed by atoms with Gasteiger partial charge in [-0.2, -0.15) is 0 Å². The molecule has 78 valence electrons. The fourth-order valence-electron chi connectivity index (χ4n) is 1.34. The van der Waals surface area contributed by atoms with Crippen LogP contribution in [0.3, 0.4) is 0 Å². The van der Waals surface area contributed by atoms with E-state index in [0.717, 1.165) is 6.07 Å². The first-order chi connectivity index (χ1) is 7.02. The Kier molecular flexibility index (Phi) is 2.34. The number of benzene rings is 2. The second kappa shape index (κ2) is 3.41. The highest BCUT2D eigenvalue weighted by atomic mass is 79.9. The van der Waals surface area contributed by atoms with Crippen LogP contribution in [0.5, 0.6) is 5.75 Å². The van der Waals surface area contributed by atoms with Crippen LogP contribution in [0.1, 0.15) is 0 Å². The van der Waals surface area contributed by atoms with Gasteiger partial charge in [-0.3, -0.25) is 0 Å². The van der Waals surface area contributed by atoms with E-state index in [4.69, 9.17) is 5.11 Å². The van der Waals surface area contributed by atoms with Crippen molar-refractivity contribution >= 4 is 26.7 Å². The van der Waals surface area contributed by atoms with Crippen molar-refractivity contribution < 1.29 is 18.3 Å². The maximum atomic E-state index is 13.3. The quantitative estimate of drug-likeness (QED) is 0.727. The second-order valence-electron chi connectivity index (χ2n) is 2.98. The maximum Gasteiger partial charge on any atom is 0.175 e. The van der Waals surface area contributed by atoms with Crippen molar-refractivity contribution in [2.24, 2.45) is 0 Å². The third-order valence-electron chi connectivity index (χ3n) is 2.06. The molecule has 0 radical (unpaired) electrons. The Balaban J connectivity index is 3.00. The molecule has 1 nitrogen and oxygen atoms in total. The Morgan fingerprint density at radius 3 is 2.33 bits per heavy atom. The van der Waals surface area contributed by atoms with Crippen LogP contribution in [0, 0.1) is 17.5 Å². The zero-order chi connectivity index (χ0) is 11.2. The number of fused-ring (bicyclic) bond motifs is 1. The van der Waals surface area contributed by atoms with Crippen molar-refractivity contribution in [3.63, 3.8) is 0 Å². The molecule has 0 heterocycles. The van der Waals surface area contributed by atoms with Gasteiger partial charge in [0.05, 0.1) is 9.86 Å². The fraction of sp³-hybridized carbons (Fsp3) is 0. The van der Waals surface area contributed by atoms with Gasteiger partial charge >= 0.3 is 0 Å². The van der Waals surface area contributed by atoms with Gasteiger partial charge in [0.15, 0.2) is 23.2 Å². The van der Waals surface area contributed by atoms with Crippen LogP contribution in [0.15, 0.2) is 22.7 Å². The Labute approximate surface area is 91.3 Å². The van der Waals surface area contributed by atoms with E-state index in [2.05, 4.69) is 15.9 Å². The summed E-state index contributed by atoms with van der Waals surface area (Å²) < 4.78 is 39.7. The lowest BCUT2D eigenvalue weighted by molar-refractivity contribution is 0.433. The minimum Gasteiger partial charge on any atom is -0.505 e. The molecule has 0 atom stereocenters. The monoisotopic (exact) mass is 276 g/mol. The van der Waals surface area contributed by atoms with Crippen LogP contribution < -0.4 is 0 Å². The number of halogens is 4. The molecule has 0 unspecified atom stereocenters. The largest absolute Gasteiger partial charge is 0.505 e. The van der Waals surface area contributed by atoms with Gasteiger partial charge in [-0.25, -0.2) is 13.2 Å². The minimum atomic E-state index is -1.31. The molecule has 1 N–H and O–H groups in total.